The van der Waals surface area contributed by atoms with Crippen molar-refractivity contribution in [1.82, 2.24) is 9.55 Å². The number of phosphoric ester groups is 1. The molecule has 1 aromatic heterocycles. The first-order chi connectivity index (χ1) is 12.7. The number of hydrogen-bond acceptors (Lipinski definition) is 9. The zero-order valence-corrected chi connectivity index (χ0v) is 17.7. The van der Waals surface area contributed by atoms with Crippen LogP contribution in [0.2, 0.25) is 0 Å². The summed E-state index contributed by atoms with van der Waals surface area (Å²) in [7, 11) is -4.00. The number of phosphoric acid groups is 1. The molecule has 0 aliphatic heterocycles. The number of hydrogen-bond donors (Lipinski definition) is 4. The van der Waals surface area contributed by atoms with E-state index in [9.17, 15) is 28.8 Å². The molecule has 0 spiro atoms. The predicted molar refractivity (Wildman–Crippen MR) is 99.3 cm³/mol. The Kier molecular flexibility index (Phi) is 8.94. The van der Waals surface area contributed by atoms with Crippen LogP contribution in [0.3, 0.4) is 0 Å². The van der Waals surface area contributed by atoms with Gasteiger partial charge in [0.1, 0.15) is 25.3 Å². The summed E-state index contributed by atoms with van der Waals surface area (Å²) in [6, 6.07) is 1.35. The van der Waals surface area contributed by atoms with Crippen LogP contribution in [0.4, 0.5) is 5.82 Å². The number of ether oxygens (including phenoxy) is 1. The van der Waals surface area contributed by atoms with E-state index in [4.69, 9.17) is 10.5 Å². The summed E-state index contributed by atoms with van der Waals surface area (Å²) in [6.45, 7) is -0.617. The lowest BCUT2D eigenvalue weighted by Gasteiger charge is -2.24. The molecule has 0 aromatic carbocycles. The van der Waals surface area contributed by atoms with Crippen LogP contribution in [-0.2, 0) is 29.2 Å². The SMILES string of the molecule is C[N+](C)(C)CCOP(=O)(O)OP(=O)(O)CO[C@H](CO)Cn1ccc(N)nc1=O. The van der Waals surface area contributed by atoms with Gasteiger partial charge in [-0.2, -0.15) is 4.98 Å². The number of nitrogen functional groups attached to an aromatic ring is 1. The summed E-state index contributed by atoms with van der Waals surface area (Å²) in [6.07, 6.45) is -0.766. The maximum Gasteiger partial charge on any atom is 0.479 e. The molecule has 3 atom stereocenters. The zero-order chi connectivity index (χ0) is 21.6. The average Bonchev–Trinajstić information content (AvgIpc) is 2.50. The van der Waals surface area contributed by atoms with Gasteiger partial charge in [0.15, 0.2) is 0 Å². The highest BCUT2D eigenvalue weighted by Gasteiger charge is 2.35. The molecule has 0 amide bonds. The van der Waals surface area contributed by atoms with Crippen LogP contribution in [0.1, 0.15) is 0 Å². The Hall–Kier alpha value is -1.14. The molecule has 13 nitrogen and oxygen atoms in total. The van der Waals surface area contributed by atoms with E-state index in [-0.39, 0.29) is 19.0 Å². The van der Waals surface area contributed by atoms with E-state index in [1.54, 1.807) is 0 Å². The molecule has 0 aliphatic rings. The van der Waals surface area contributed by atoms with E-state index < -0.39 is 40.2 Å². The molecule has 0 bridgehead atoms. The van der Waals surface area contributed by atoms with Gasteiger partial charge >= 0.3 is 21.1 Å². The third-order valence-corrected chi connectivity index (χ3v) is 6.05. The molecule has 28 heavy (non-hydrogen) atoms. The van der Waals surface area contributed by atoms with Gasteiger partial charge in [0.25, 0.3) is 0 Å². The van der Waals surface area contributed by atoms with E-state index in [1.165, 1.54) is 12.3 Å². The fourth-order valence-electron chi connectivity index (χ4n) is 1.80. The van der Waals surface area contributed by atoms with Gasteiger partial charge in [-0.15, -0.1) is 0 Å². The largest absolute Gasteiger partial charge is 0.479 e. The van der Waals surface area contributed by atoms with E-state index in [0.717, 1.165) is 4.57 Å². The van der Waals surface area contributed by atoms with Gasteiger partial charge in [0.2, 0.25) is 0 Å². The first-order valence-electron chi connectivity index (χ1n) is 8.09. The Labute approximate surface area is 162 Å². The van der Waals surface area contributed by atoms with Crippen molar-refractivity contribution in [2.45, 2.75) is 12.6 Å². The molecular formula is C13H27N4O9P2+. The summed E-state index contributed by atoms with van der Waals surface area (Å²) >= 11 is 0. The monoisotopic (exact) mass is 445 g/mol. The summed E-state index contributed by atoms with van der Waals surface area (Å²) < 4.78 is 39.3. The van der Waals surface area contributed by atoms with Crippen molar-refractivity contribution < 1.29 is 42.1 Å². The Morgan fingerprint density at radius 3 is 2.50 bits per heavy atom. The molecule has 0 saturated heterocycles. The lowest BCUT2D eigenvalue weighted by molar-refractivity contribution is -0.870. The van der Waals surface area contributed by atoms with E-state index in [0.29, 0.717) is 11.0 Å². The molecular weight excluding hydrogens is 418 g/mol. The number of rotatable bonds is 12. The lowest BCUT2D eigenvalue weighted by Crippen LogP contribution is -2.37. The smallest absolute Gasteiger partial charge is 0.394 e. The van der Waals surface area contributed by atoms with E-state index in [2.05, 4.69) is 13.8 Å². The topological polar surface area (TPSA) is 183 Å². The van der Waals surface area contributed by atoms with Crippen molar-refractivity contribution in [3.8, 4) is 0 Å². The molecule has 1 rings (SSSR count). The van der Waals surface area contributed by atoms with Gasteiger partial charge in [0.05, 0.1) is 40.4 Å². The van der Waals surface area contributed by atoms with Crippen LogP contribution >= 0.6 is 15.4 Å². The fraction of sp³-hybridized carbons (Fsp3) is 0.692. The van der Waals surface area contributed by atoms with Crippen molar-refractivity contribution >= 4 is 21.2 Å². The van der Waals surface area contributed by atoms with Crippen molar-refractivity contribution in [2.75, 3.05) is 53.0 Å². The highest BCUT2D eigenvalue weighted by Crippen LogP contribution is 2.59. The summed E-state index contributed by atoms with van der Waals surface area (Å²) in [4.78, 5) is 34.5. The number of quaternary nitrogens is 1. The van der Waals surface area contributed by atoms with Crippen LogP contribution in [-0.4, -0.2) is 82.3 Å². The van der Waals surface area contributed by atoms with Gasteiger partial charge in [-0.1, -0.05) is 0 Å². The van der Waals surface area contributed by atoms with Gasteiger partial charge < -0.3 is 29.8 Å². The van der Waals surface area contributed by atoms with Crippen LogP contribution < -0.4 is 11.4 Å². The molecule has 1 aromatic rings. The summed E-state index contributed by atoms with van der Waals surface area (Å²) in [5.41, 5.74) is 4.67. The van der Waals surface area contributed by atoms with Crippen molar-refractivity contribution in [3.63, 3.8) is 0 Å². The normalized spacial score (nSPS) is 17.6. The van der Waals surface area contributed by atoms with Crippen LogP contribution in [0.15, 0.2) is 17.1 Å². The van der Waals surface area contributed by atoms with Gasteiger partial charge in [0, 0.05) is 6.20 Å². The van der Waals surface area contributed by atoms with Crippen LogP contribution in [0.5, 0.6) is 0 Å². The molecule has 1 heterocycles. The Morgan fingerprint density at radius 1 is 1.32 bits per heavy atom. The fourth-order valence-corrected chi connectivity index (χ4v) is 4.18. The second-order valence-electron chi connectivity index (χ2n) is 6.92. The van der Waals surface area contributed by atoms with Crippen molar-refractivity contribution in [1.29, 1.82) is 0 Å². The molecule has 0 fully saturated rings. The lowest BCUT2D eigenvalue weighted by atomic mass is 10.3. The standard InChI is InChI=1S/C13H26N4O9P2/c1-17(2,3)6-7-25-28(22,23)26-27(20,21)10-24-11(9-18)8-16-5-4-12(14)15-13(16)19/h4-5,11,18H,6-10H2,1-3H3,(H3-,14,15,19,20,21,22,23)/p+1/t11-/m0/s1. The Balaban J connectivity index is 2.60. The molecule has 0 saturated carbocycles. The number of aliphatic hydroxyl groups is 1. The van der Waals surface area contributed by atoms with Gasteiger partial charge in [-0.05, 0) is 6.07 Å². The van der Waals surface area contributed by atoms with Crippen LogP contribution in [0, 0.1) is 0 Å². The number of aromatic nitrogens is 2. The van der Waals surface area contributed by atoms with E-state index in [1.807, 2.05) is 21.1 Å². The zero-order valence-electron chi connectivity index (χ0n) is 15.9. The van der Waals surface area contributed by atoms with E-state index >= 15 is 0 Å². The quantitative estimate of drug-likeness (QED) is 0.233. The Morgan fingerprint density at radius 2 is 1.96 bits per heavy atom. The minimum absolute atomic E-state index is 0.0138. The highest BCUT2D eigenvalue weighted by molar-refractivity contribution is 7.63. The summed E-state index contributed by atoms with van der Waals surface area (Å²) in [5, 5.41) is 9.33. The number of aliphatic hydroxyl groups excluding tert-OH is 1. The maximum absolute atomic E-state index is 12.0. The minimum atomic E-state index is -4.79. The van der Waals surface area contributed by atoms with Gasteiger partial charge in [-0.25, -0.2) is 13.7 Å². The van der Waals surface area contributed by atoms with Gasteiger partial charge in [-0.3, -0.25) is 13.7 Å². The second-order valence-corrected chi connectivity index (χ2v) is 10.3. The maximum atomic E-state index is 12.0. The molecule has 162 valence electrons. The first-order valence-corrected chi connectivity index (χ1v) is 11.4. The summed E-state index contributed by atoms with van der Waals surface area (Å²) in [5.74, 6) is 0.0138. The number of anilines is 1. The third kappa shape index (κ3) is 9.87. The second kappa shape index (κ2) is 10.1. The first kappa shape index (κ1) is 24.9. The molecule has 15 heteroatoms. The highest BCUT2D eigenvalue weighted by atomic mass is 31.3. The Bertz CT molecular complexity index is 795. The number of nitrogens with two attached hydrogens (primary N) is 1. The third-order valence-electron chi connectivity index (χ3n) is 3.22. The van der Waals surface area contributed by atoms with Crippen molar-refractivity contribution in [2.24, 2.45) is 0 Å². The number of nitrogens with zero attached hydrogens (tertiary/aromatic N) is 3. The number of likely N-dealkylation sites (N-methyl/N-ethyl adjacent to an activating group) is 1. The average molecular weight is 445 g/mol. The molecule has 2 unspecified atom stereocenters. The van der Waals surface area contributed by atoms with Crippen LogP contribution in [0.25, 0.3) is 0 Å². The predicted octanol–water partition coefficient (Wildman–Crippen LogP) is -0.814. The molecule has 0 radical (unpaired) electrons. The minimum Gasteiger partial charge on any atom is -0.394 e. The molecule has 5 N–H and O–H groups in total. The van der Waals surface area contributed by atoms with Crippen molar-refractivity contribution in [3.05, 3.63) is 22.7 Å². The molecule has 0 aliphatic carbocycles.